The first-order valence-electron chi connectivity index (χ1n) is 7.66. The van der Waals surface area contributed by atoms with Crippen molar-refractivity contribution in [3.63, 3.8) is 0 Å². The van der Waals surface area contributed by atoms with Crippen molar-refractivity contribution in [3.05, 3.63) is 47.7 Å². The monoisotopic (exact) mass is 283 g/mol. The number of anilines is 1. The van der Waals surface area contributed by atoms with Crippen molar-refractivity contribution in [2.75, 3.05) is 5.32 Å². The minimum atomic E-state index is -0.396. The van der Waals surface area contributed by atoms with Gasteiger partial charge >= 0.3 is 0 Å². The first-order valence-corrected chi connectivity index (χ1v) is 7.66. The topological polar surface area (TPSA) is 57.8 Å². The number of benzene rings is 1. The lowest BCUT2D eigenvalue weighted by Gasteiger charge is -2.27. The van der Waals surface area contributed by atoms with Crippen molar-refractivity contribution in [2.45, 2.75) is 44.4 Å². The SMILES string of the molecule is CCc1cc(NC(=O)C2(c3ccccc3)CCCC2)n[nH]1. The van der Waals surface area contributed by atoms with Crippen LogP contribution in [0.25, 0.3) is 0 Å². The van der Waals surface area contributed by atoms with Gasteiger partial charge in [-0.05, 0) is 24.8 Å². The summed E-state index contributed by atoms with van der Waals surface area (Å²) in [4.78, 5) is 12.9. The van der Waals surface area contributed by atoms with E-state index in [4.69, 9.17) is 0 Å². The van der Waals surface area contributed by atoms with Gasteiger partial charge in [0.25, 0.3) is 0 Å². The van der Waals surface area contributed by atoms with Gasteiger partial charge in [-0.25, -0.2) is 0 Å². The number of aromatic amines is 1. The van der Waals surface area contributed by atoms with Crippen molar-refractivity contribution in [3.8, 4) is 0 Å². The Morgan fingerprint density at radius 1 is 1.29 bits per heavy atom. The van der Waals surface area contributed by atoms with E-state index in [1.165, 1.54) is 0 Å². The van der Waals surface area contributed by atoms with Crippen LogP contribution in [0.2, 0.25) is 0 Å². The molecule has 0 spiro atoms. The summed E-state index contributed by atoms with van der Waals surface area (Å²) in [5, 5.41) is 10.1. The van der Waals surface area contributed by atoms with Gasteiger partial charge in [-0.2, -0.15) is 5.10 Å². The van der Waals surface area contributed by atoms with Crippen molar-refractivity contribution >= 4 is 11.7 Å². The first-order chi connectivity index (χ1) is 10.2. The molecule has 1 aromatic carbocycles. The number of hydrogen-bond acceptors (Lipinski definition) is 2. The number of carbonyl (C=O) groups is 1. The maximum absolute atomic E-state index is 12.9. The minimum absolute atomic E-state index is 0.0698. The highest BCUT2D eigenvalue weighted by atomic mass is 16.2. The summed E-state index contributed by atoms with van der Waals surface area (Å²) < 4.78 is 0. The van der Waals surface area contributed by atoms with E-state index in [1.54, 1.807) is 0 Å². The lowest BCUT2D eigenvalue weighted by atomic mass is 9.78. The third-order valence-corrected chi connectivity index (χ3v) is 4.47. The summed E-state index contributed by atoms with van der Waals surface area (Å²) in [5.41, 5.74) is 1.75. The number of aryl methyl sites for hydroxylation is 1. The van der Waals surface area contributed by atoms with Gasteiger partial charge in [-0.1, -0.05) is 50.1 Å². The zero-order chi connectivity index (χ0) is 14.7. The molecule has 0 aliphatic heterocycles. The molecule has 3 rings (SSSR count). The van der Waals surface area contributed by atoms with E-state index in [0.29, 0.717) is 5.82 Å². The maximum Gasteiger partial charge on any atom is 0.236 e. The van der Waals surface area contributed by atoms with Gasteiger partial charge in [0, 0.05) is 11.8 Å². The second kappa shape index (κ2) is 5.72. The first kappa shape index (κ1) is 13.9. The molecule has 0 bridgehead atoms. The van der Waals surface area contributed by atoms with E-state index >= 15 is 0 Å². The molecule has 1 heterocycles. The van der Waals surface area contributed by atoms with E-state index in [9.17, 15) is 4.79 Å². The molecule has 1 fully saturated rings. The standard InChI is InChI=1S/C17H21N3O/c1-2-14-12-15(20-19-14)18-16(21)17(10-6-7-11-17)13-8-4-3-5-9-13/h3-5,8-9,12H,2,6-7,10-11H2,1H3,(H2,18,19,20,21). The Balaban J connectivity index is 1.85. The number of nitrogens with zero attached hydrogens (tertiary/aromatic N) is 1. The summed E-state index contributed by atoms with van der Waals surface area (Å²) in [5.74, 6) is 0.694. The molecule has 0 radical (unpaired) electrons. The van der Waals surface area contributed by atoms with Crippen LogP contribution in [-0.4, -0.2) is 16.1 Å². The molecule has 0 saturated heterocycles. The zero-order valence-electron chi connectivity index (χ0n) is 12.4. The molecule has 0 unspecified atom stereocenters. The Labute approximate surface area is 125 Å². The fourth-order valence-electron chi connectivity index (χ4n) is 3.23. The fraction of sp³-hybridized carbons (Fsp3) is 0.412. The molecule has 4 nitrogen and oxygen atoms in total. The Morgan fingerprint density at radius 3 is 2.62 bits per heavy atom. The van der Waals surface area contributed by atoms with E-state index in [-0.39, 0.29) is 5.91 Å². The van der Waals surface area contributed by atoms with Gasteiger partial charge in [-0.3, -0.25) is 9.89 Å². The molecule has 110 valence electrons. The van der Waals surface area contributed by atoms with Gasteiger partial charge in [0.1, 0.15) is 0 Å². The lowest BCUT2D eigenvalue weighted by Crippen LogP contribution is -2.38. The number of carbonyl (C=O) groups excluding carboxylic acids is 1. The molecular formula is C17H21N3O. The Kier molecular flexibility index (Phi) is 3.78. The fourth-order valence-corrected chi connectivity index (χ4v) is 3.23. The molecule has 0 atom stereocenters. The molecule has 21 heavy (non-hydrogen) atoms. The molecule has 1 aliphatic carbocycles. The quantitative estimate of drug-likeness (QED) is 0.903. The molecule has 1 aromatic heterocycles. The highest BCUT2D eigenvalue weighted by Gasteiger charge is 2.42. The van der Waals surface area contributed by atoms with E-state index < -0.39 is 5.41 Å². The van der Waals surface area contributed by atoms with Crippen LogP contribution in [-0.2, 0) is 16.6 Å². The van der Waals surface area contributed by atoms with Crippen LogP contribution in [0.1, 0.15) is 43.9 Å². The molecule has 2 aromatic rings. The van der Waals surface area contributed by atoms with Crippen LogP contribution in [0.5, 0.6) is 0 Å². The summed E-state index contributed by atoms with van der Waals surface area (Å²) in [6.07, 6.45) is 4.90. The molecule has 1 saturated carbocycles. The number of rotatable bonds is 4. The van der Waals surface area contributed by atoms with E-state index in [1.807, 2.05) is 24.3 Å². The highest BCUT2D eigenvalue weighted by molar-refractivity contribution is 5.98. The predicted molar refractivity (Wildman–Crippen MR) is 83.2 cm³/mol. The number of nitrogens with one attached hydrogen (secondary N) is 2. The van der Waals surface area contributed by atoms with Gasteiger partial charge in [0.2, 0.25) is 5.91 Å². The summed E-state index contributed by atoms with van der Waals surface area (Å²) in [6, 6.07) is 12.0. The molecular weight excluding hydrogens is 262 g/mol. The third kappa shape index (κ3) is 2.58. The van der Waals surface area contributed by atoms with Gasteiger partial charge in [0.05, 0.1) is 5.41 Å². The van der Waals surface area contributed by atoms with Gasteiger partial charge in [0.15, 0.2) is 5.82 Å². The van der Waals surface area contributed by atoms with Crippen LogP contribution >= 0.6 is 0 Å². The number of amides is 1. The van der Waals surface area contributed by atoms with Gasteiger partial charge < -0.3 is 5.32 Å². The number of aromatic nitrogens is 2. The van der Waals surface area contributed by atoms with E-state index in [2.05, 4.69) is 34.6 Å². The van der Waals surface area contributed by atoms with Crippen molar-refractivity contribution in [2.24, 2.45) is 0 Å². The van der Waals surface area contributed by atoms with Crippen molar-refractivity contribution in [1.29, 1.82) is 0 Å². The maximum atomic E-state index is 12.9. The third-order valence-electron chi connectivity index (χ3n) is 4.47. The molecule has 1 aliphatic rings. The largest absolute Gasteiger partial charge is 0.308 e. The summed E-state index contributed by atoms with van der Waals surface area (Å²) >= 11 is 0. The van der Waals surface area contributed by atoms with Crippen LogP contribution < -0.4 is 5.32 Å². The Morgan fingerprint density at radius 2 is 2.00 bits per heavy atom. The predicted octanol–water partition coefficient (Wildman–Crippen LogP) is 3.42. The van der Waals surface area contributed by atoms with Gasteiger partial charge in [-0.15, -0.1) is 0 Å². The summed E-state index contributed by atoms with van der Waals surface area (Å²) in [7, 11) is 0. The number of hydrogen-bond donors (Lipinski definition) is 2. The zero-order valence-corrected chi connectivity index (χ0v) is 12.4. The highest BCUT2D eigenvalue weighted by Crippen LogP contribution is 2.41. The molecule has 4 heteroatoms. The molecule has 1 amide bonds. The Hall–Kier alpha value is -2.10. The van der Waals surface area contributed by atoms with Crippen molar-refractivity contribution < 1.29 is 4.79 Å². The Bertz CT molecular complexity index is 612. The second-order valence-electron chi connectivity index (χ2n) is 5.74. The minimum Gasteiger partial charge on any atom is -0.308 e. The van der Waals surface area contributed by atoms with E-state index in [0.717, 1.165) is 43.4 Å². The van der Waals surface area contributed by atoms with Crippen LogP contribution in [0.15, 0.2) is 36.4 Å². The van der Waals surface area contributed by atoms with Crippen LogP contribution in [0, 0.1) is 0 Å². The normalized spacial score (nSPS) is 16.8. The summed E-state index contributed by atoms with van der Waals surface area (Å²) in [6.45, 7) is 2.06. The second-order valence-corrected chi connectivity index (χ2v) is 5.74. The average molecular weight is 283 g/mol. The van der Waals surface area contributed by atoms with Crippen LogP contribution in [0.3, 0.4) is 0 Å². The number of H-pyrrole nitrogens is 1. The average Bonchev–Trinajstić information content (AvgIpc) is 3.18. The molecule has 2 N–H and O–H groups in total. The lowest BCUT2D eigenvalue weighted by molar-refractivity contribution is -0.121. The smallest absolute Gasteiger partial charge is 0.236 e. The van der Waals surface area contributed by atoms with Crippen molar-refractivity contribution in [1.82, 2.24) is 10.2 Å². The van der Waals surface area contributed by atoms with Crippen LogP contribution in [0.4, 0.5) is 5.82 Å².